The Labute approximate surface area is 104 Å². The van der Waals surface area contributed by atoms with Gasteiger partial charge in [-0.2, -0.15) is 0 Å². The van der Waals surface area contributed by atoms with Crippen LogP contribution in [0.1, 0.15) is 24.2 Å². The van der Waals surface area contributed by atoms with Crippen molar-refractivity contribution in [1.29, 1.82) is 0 Å². The number of hydrogen-bond acceptors (Lipinski definition) is 3. The third-order valence-corrected chi connectivity index (χ3v) is 2.94. The number of Topliss-reactive ketones (excluding diaryl/α,β-unsaturated/α-hetero) is 1. The Bertz CT molecular complexity index is 536. The molecule has 0 aliphatic carbocycles. The van der Waals surface area contributed by atoms with E-state index in [0.717, 1.165) is 0 Å². The molecular weight excluding hydrogens is 234 g/mol. The van der Waals surface area contributed by atoms with Crippen LogP contribution in [-0.2, 0) is 9.59 Å². The average Bonchev–Trinajstić information content (AvgIpc) is 2.28. The molecule has 1 heterocycles. The molecule has 0 fully saturated rings. The standard InChI is InChI=1S/C13H13NO4/c1-7(2)14-9-6-4-3-5-8(9)11(15)10(12(14)16)13(17)18/h3-7,10H,1-2H3,(H,17,18). The highest BCUT2D eigenvalue weighted by Gasteiger charge is 2.44. The van der Waals surface area contributed by atoms with Crippen molar-refractivity contribution in [2.75, 3.05) is 4.90 Å². The molecule has 1 amide bonds. The van der Waals surface area contributed by atoms with Crippen LogP contribution in [0.3, 0.4) is 0 Å². The van der Waals surface area contributed by atoms with Gasteiger partial charge >= 0.3 is 5.97 Å². The van der Waals surface area contributed by atoms with Crippen molar-refractivity contribution in [2.45, 2.75) is 19.9 Å². The van der Waals surface area contributed by atoms with E-state index in [2.05, 4.69) is 0 Å². The number of rotatable bonds is 2. The van der Waals surface area contributed by atoms with Crippen LogP contribution in [0.4, 0.5) is 5.69 Å². The summed E-state index contributed by atoms with van der Waals surface area (Å²) in [7, 11) is 0. The average molecular weight is 247 g/mol. The Morgan fingerprint density at radius 1 is 1.28 bits per heavy atom. The second-order valence-electron chi connectivity index (χ2n) is 4.45. The lowest BCUT2D eigenvalue weighted by atomic mass is 9.89. The fraction of sp³-hybridized carbons (Fsp3) is 0.308. The highest BCUT2D eigenvalue weighted by Crippen LogP contribution is 2.32. The molecule has 0 aromatic heterocycles. The number of para-hydroxylation sites is 1. The number of nitrogens with zero attached hydrogens (tertiary/aromatic N) is 1. The largest absolute Gasteiger partial charge is 0.480 e. The summed E-state index contributed by atoms with van der Waals surface area (Å²) in [4.78, 5) is 36.6. The summed E-state index contributed by atoms with van der Waals surface area (Å²) in [5.74, 6) is -4.33. The first kappa shape index (κ1) is 12.3. The van der Waals surface area contributed by atoms with Crippen molar-refractivity contribution in [3.05, 3.63) is 29.8 Å². The van der Waals surface area contributed by atoms with Gasteiger partial charge in [-0.1, -0.05) is 12.1 Å². The van der Waals surface area contributed by atoms with Crippen molar-refractivity contribution in [3.8, 4) is 0 Å². The lowest BCUT2D eigenvalue weighted by molar-refractivity contribution is -0.144. The third-order valence-electron chi connectivity index (χ3n) is 2.94. The van der Waals surface area contributed by atoms with Crippen LogP contribution in [-0.4, -0.2) is 28.8 Å². The van der Waals surface area contributed by atoms with Crippen LogP contribution in [0.25, 0.3) is 0 Å². The van der Waals surface area contributed by atoms with E-state index in [-0.39, 0.29) is 6.04 Å². The molecule has 5 heteroatoms. The molecule has 18 heavy (non-hydrogen) atoms. The Morgan fingerprint density at radius 2 is 1.89 bits per heavy atom. The number of carboxylic acid groups (broad SMARTS) is 1. The molecule has 1 N–H and O–H groups in total. The van der Waals surface area contributed by atoms with Gasteiger partial charge in [-0.05, 0) is 26.0 Å². The summed E-state index contributed by atoms with van der Waals surface area (Å²) in [5, 5.41) is 9.04. The molecule has 1 aliphatic heterocycles. The maximum Gasteiger partial charge on any atom is 0.324 e. The zero-order valence-electron chi connectivity index (χ0n) is 10.1. The minimum absolute atomic E-state index is 0.200. The van der Waals surface area contributed by atoms with E-state index in [1.54, 1.807) is 38.1 Å². The highest BCUT2D eigenvalue weighted by atomic mass is 16.4. The summed E-state index contributed by atoms with van der Waals surface area (Å²) in [5.41, 5.74) is 0.776. The van der Waals surface area contributed by atoms with Gasteiger partial charge in [0.1, 0.15) is 0 Å². The molecule has 1 aliphatic rings. The Balaban J connectivity index is 2.64. The molecule has 94 valence electrons. The molecule has 0 bridgehead atoms. The minimum atomic E-state index is -1.62. The molecule has 1 unspecified atom stereocenters. The number of benzene rings is 1. The van der Waals surface area contributed by atoms with Gasteiger partial charge in [0.25, 0.3) is 0 Å². The first-order valence-corrected chi connectivity index (χ1v) is 5.64. The van der Waals surface area contributed by atoms with Crippen LogP contribution >= 0.6 is 0 Å². The van der Waals surface area contributed by atoms with Gasteiger partial charge in [0.15, 0.2) is 11.7 Å². The number of anilines is 1. The van der Waals surface area contributed by atoms with Gasteiger partial charge in [-0.3, -0.25) is 14.4 Å². The first-order valence-electron chi connectivity index (χ1n) is 5.64. The van der Waals surface area contributed by atoms with E-state index < -0.39 is 23.6 Å². The smallest absolute Gasteiger partial charge is 0.324 e. The van der Waals surface area contributed by atoms with Crippen molar-refractivity contribution in [3.63, 3.8) is 0 Å². The van der Waals surface area contributed by atoms with Gasteiger partial charge in [0.2, 0.25) is 5.91 Å². The maximum atomic E-state index is 12.1. The van der Waals surface area contributed by atoms with E-state index in [4.69, 9.17) is 5.11 Å². The fourth-order valence-electron chi connectivity index (χ4n) is 2.17. The van der Waals surface area contributed by atoms with Crippen LogP contribution in [0.5, 0.6) is 0 Å². The molecule has 1 atom stereocenters. The quantitative estimate of drug-likeness (QED) is 0.800. The lowest BCUT2D eigenvalue weighted by Gasteiger charge is -2.34. The SMILES string of the molecule is CC(C)N1C(=O)C(C(=O)O)C(=O)c2ccccc21. The Hall–Kier alpha value is -2.17. The molecule has 0 saturated carbocycles. The van der Waals surface area contributed by atoms with Crippen molar-refractivity contribution < 1.29 is 19.5 Å². The Morgan fingerprint density at radius 3 is 2.44 bits per heavy atom. The predicted molar refractivity (Wildman–Crippen MR) is 64.5 cm³/mol. The van der Waals surface area contributed by atoms with Gasteiger partial charge in [0.05, 0.1) is 5.69 Å². The van der Waals surface area contributed by atoms with Crippen LogP contribution in [0, 0.1) is 5.92 Å². The van der Waals surface area contributed by atoms with E-state index in [0.29, 0.717) is 11.3 Å². The second-order valence-corrected chi connectivity index (χ2v) is 4.45. The maximum absolute atomic E-state index is 12.1. The van der Waals surface area contributed by atoms with Gasteiger partial charge < -0.3 is 10.0 Å². The molecule has 1 aromatic rings. The van der Waals surface area contributed by atoms with E-state index in [9.17, 15) is 14.4 Å². The molecule has 5 nitrogen and oxygen atoms in total. The van der Waals surface area contributed by atoms with E-state index in [1.165, 1.54) is 4.90 Å². The number of aliphatic carboxylic acids is 1. The molecule has 0 radical (unpaired) electrons. The highest BCUT2D eigenvalue weighted by molar-refractivity contribution is 6.30. The number of carbonyl (C=O) groups is 3. The number of amides is 1. The number of hydrogen-bond donors (Lipinski definition) is 1. The van der Waals surface area contributed by atoms with Crippen LogP contribution in [0.2, 0.25) is 0 Å². The van der Waals surface area contributed by atoms with Crippen molar-refractivity contribution in [2.24, 2.45) is 5.92 Å². The van der Waals surface area contributed by atoms with Crippen molar-refractivity contribution >= 4 is 23.3 Å². The minimum Gasteiger partial charge on any atom is -0.480 e. The van der Waals surface area contributed by atoms with Crippen LogP contribution < -0.4 is 4.90 Å². The lowest BCUT2D eigenvalue weighted by Crippen LogP contribution is -2.50. The van der Waals surface area contributed by atoms with Gasteiger partial charge in [-0.15, -0.1) is 0 Å². The van der Waals surface area contributed by atoms with Gasteiger partial charge in [-0.25, -0.2) is 0 Å². The van der Waals surface area contributed by atoms with Crippen LogP contribution in [0.15, 0.2) is 24.3 Å². The zero-order chi connectivity index (χ0) is 13.4. The topological polar surface area (TPSA) is 74.7 Å². The van der Waals surface area contributed by atoms with Gasteiger partial charge in [0, 0.05) is 11.6 Å². The molecular formula is C13H13NO4. The molecule has 0 spiro atoms. The molecule has 2 rings (SSSR count). The second kappa shape index (κ2) is 4.25. The Kier molecular flexibility index (Phi) is 2.90. The summed E-state index contributed by atoms with van der Waals surface area (Å²) in [6, 6.07) is 6.38. The monoisotopic (exact) mass is 247 g/mol. The third kappa shape index (κ3) is 1.68. The fourth-order valence-corrected chi connectivity index (χ4v) is 2.17. The summed E-state index contributed by atoms with van der Waals surface area (Å²) < 4.78 is 0. The van der Waals surface area contributed by atoms with Crippen molar-refractivity contribution in [1.82, 2.24) is 0 Å². The number of carboxylic acids is 1. The molecule has 0 saturated heterocycles. The summed E-state index contributed by atoms with van der Waals surface area (Å²) in [6.07, 6.45) is 0. The number of carbonyl (C=O) groups excluding carboxylic acids is 2. The van der Waals surface area contributed by atoms with E-state index >= 15 is 0 Å². The zero-order valence-corrected chi connectivity index (χ0v) is 10.1. The number of fused-ring (bicyclic) bond motifs is 1. The van der Waals surface area contributed by atoms with E-state index in [1.807, 2.05) is 0 Å². The predicted octanol–water partition coefficient (Wildman–Crippen LogP) is 1.33. The number of ketones is 1. The first-order chi connectivity index (χ1) is 8.45. The normalized spacial score (nSPS) is 19.1. The summed E-state index contributed by atoms with van der Waals surface area (Å²) in [6.45, 7) is 3.56. The summed E-state index contributed by atoms with van der Waals surface area (Å²) >= 11 is 0. The molecule has 1 aromatic carbocycles.